The standard InChI is InChI=1S/C26H31N3O5/c1-32-21-6-4-5-18(13-21)22(28-9-2-3-10-28)16-27-26(31)19-14-25(30)29(17-19)20-7-8-23-24(15-20)34-12-11-33-23/h4-8,13,15,19,22H,2-3,9-12,14,16-17H2,1H3,(H,27,31). The van der Waals surface area contributed by atoms with Gasteiger partial charge in [-0.3, -0.25) is 14.5 Å². The van der Waals surface area contributed by atoms with Crippen LogP contribution in [0.3, 0.4) is 0 Å². The molecule has 3 aliphatic rings. The minimum absolute atomic E-state index is 0.0549. The molecule has 2 saturated heterocycles. The Morgan fingerprint density at radius 2 is 1.91 bits per heavy atom. The maximum Gasteiger partial charge on any atom is 0.227 e. The molecule has 0 saturated carbocycles. The van der Waals surface area contributed by atoms with E-state index in [2.05, 4.69) is 16.3 Å². The van der Waals surface area contributed by atoms with Crippen molar-refractivity contribution in [3.63, 3.8) is 0 Å². The summed E-state index contributed by atoms with van der Waals surface area (Å²) in [6.45, 7) is 3.89. The molecule has 180 valence electrons. The molecule has 8 heteroatoms. The van der Waals surface area contributed by atoms with Gasteiger partial charge in [-0.15, -0.1) is 0 Å². The summed E-state index contributed by atoms with van der Waals surface area (Å²) < 4.78 is 16.6. The number of anilines is 1. The van der Waals surface area contributed by atoms with Crippen molar-refractivity contribution in [3.05, 3.63) is 48.0 Å². The van der Waals surface area contributed by atoms with E-state index >= 15 is 0 Å². The smallest absolute Gasteiger partial charge is 0.227 e. The van der Waals surface area contributed by atoms with Gasteiger partial charge >= 0.3 is 0 Å². The zero-order valence-electron chi connectivity index (χ0n) is 19.5. The zero-order chi connectivity index (χ0) is 23.5. The molecule has 3 heterocycles. The van der Waals surface area contributed by atoms with Crippen LogP contribution >= 0.6 is 0 Å². The molecule has 34 heavy (non-hydrogen) atoms. The number of likely N-dealkylation sites (tertiary alicyclic amines) is 1. The molecule has 0 aromatic heterocycles. The maximum atomic E-state index is 13.1. The molecule has 5 rings (SSSR count). The molecule has 2 unspecified atom stereocenters. The zero-order valence-corrected chi connectivity index (χ0v) is 19.5. The van der Waals surface area contributed by atoms with E-state index in [0.29, 0.717) is 37.8 Å². The Morgan fingerprint density at radius 3 is 2.71 bits per heavy atom. The van der Waals surface area contributed by atoms with E-state index in [4.69, 9.17) is 14.2 Å². The van der Waals surface area contributed by atoms with Crippen LogP contribution in [0.15, 0.2) is 42.5 Å². The van der Waals surface area contributed by atoms with Gasteiger partial charge in [0.1, 0.15) is 19.0 Å². The molecular formula is C26H31N3O5. The van der Waals surface area contributed by atoms with Crippen molar-refractivity contribution in [2.75, 3.05) is 51.4 Å². The Kier molecular flexibility index (Phi) is 6.58. The molecule has 2 fully saturated rings. The summed E-state index contributed by atoms with van der Waals surface area (Å²) in [6, 6.07) is 13.6. The van der Waals surface area contributed by atoms with Gasteiger partial charge in [0.15, 0.2) is 11.5 Å². The number of ether oxygens (including phenoxy) is 3. The number of amides is 2. The van der Waals surface area contributed by atoms with Crippen LogP contribution < -0.4 is 24.4 Å². The van der Waals surface area contributed by atoms with E-state index in [1.807, 2.05) is 36.4 Å². The number of nitrogens with one attached hydrogen (secondary N) is 1. The summed E-state index contributed by atoms with van der Waals surface area (Å²) in [4.78, 5) is 29.9. The lowest BCUT2D eigenvalue weighted by Gasteiger charge is -2.29. The summed E-state index contributed by atoms with van der Waals surface area (Å²) in [7, 11) is 1.66. The van der Waals surface area contributed by atoms with Crippen molar-refractivity contribution in [1.82, 2.24) is 10.2 Å². The van der Waals surface area contributed by atoms with Crippen molar-refractivity contribution in [1.29, 1.82) is 0 Å². The summed E-state index contributed by atoms with van der Waals surface area (Å²) >= 11 is 0. The number of nitrogens with zero attached hydrogens (tertiary/aromatic N) is 2. The molecule has 0 aliphatic carbocycles. The van der Waals surface area contributed by atoms with Crippen LogP contribution in [-0.4, -0.2) is 63.2 Å². The van der Waals surface area contributed by atoms with E-state index in [9.17, 15) is 9.59 Å². The molecule has 0 spiro atoms. The van der Waals surface area contributed by atoms with Crippen LogP contribution in [0.1, 0.15) is 30.9 Å². The fraction of sp³-hybridized carbons (Fsp3) is 0.462. The average Bonchev–Trinajstić information content (AvgIpc) is 3.54. The molecule has 8 nitrogen and oxygen atoms in total. The Hall–Kier alpha value is -3.26. The Labute approximate surface area is 199 Å². The molecule has 2 amide bonds. The Balaban J connectivity index is 1.25. The monoisotopic (exact) mass is 465 g/mol. The largest absolute Gasteiger partial charge is 0.497 e. The van der Waals surface area contributed by atoms with Gasteiger partial charge in [0.25, 0.3) is 0 Å². The highest BCUT2D eigenvalue weighted by Crippen LogP contribution is 2.36. The summed E-state index contributed by atoms with van der Waals surface area (Å²) in [6.07, 6.45) is 2.53. The van der Waals surface area contributed by atoms with Crippen LogP contribution in [0.5, 0.6) is 17.2 Å². The molecule has 0 bridgehead atoms. The lowest BCUT2D eigenvalue weighted by atomic mass is 10.0. The second kappa shape index (κ2) is 9.93. The van der Waals surface area contributed by atoms with Crippen LogP contribution in [0.4, 0.5) is 5.69 Å². The second-order valence-corrected chi connectivity index (χ2v) is 9.01. The first-order chi connectivity index (χ1) is 16.6. The number of fused-ring (bicyclic) bond motifs is 1. The van der Waals surface area contributed by atoms with Crippen LogP contribution in [0.2, 0.25) is 0 Å². The van der Waals surface area contributed by atoms with E-state index in [1.165, 1.54) is 0 Å². The van der Waals surface area contributed by atoms with Gasteiger partial charge in [-0.05, 0) is 55.8 Å². The number of methoxy groups -OCH3 is 1. The number of carbonyl (C=O) groups excluding carboxylic acids is 2. The summed E-state index contributed by atoms with van der Waals surface area (Å²) in [5.74, 6) is 1.61. The van der Waals surface area contributed by atoms with E-state index in [-0.39, 0.29) is 30.2 Å². The number of benzene rings is 2. The molecule has 2 atom stereocenters. The number of carbonyl (C=O) groups is 2. The van der Waals surface area contributed by atoms with Gasteiger partial charge in [-0.2, -0.15) is 0 Å². The molecule has 2 aromatic rings. The number of hydrogen-bond acceptors (Lipinski definition) is 6. The topological polar surface area (TPSA) is 80.3 Å². The first kappa shape index (κ1) is 22.5. The first-order valence-corrected chi connectivity index (χ1v) is 12.0. The quantitative estimate of drug-likeness (QED) is 0.678. The molecule has 3 aliphatic heterocycles. The summed E-state index contributed by atoms with van der Waals surface area (Å²) in [5, 5.41) is 3.14. The van der Waals surface area contributed by atoms with Crippen molar-refractivity contribution in [2.24, 2.45) is 5.92 Å². The highest BCUT2D eigenvalue weighted by Gasteiger charge is 2.36. The van der Waals surface area contributed by atoms with Crippen LogP contribution in [0, 0.1) is 5.92 Å². The van der Waals surface area contributed by atoms with Gasteiger partial charge in [0.2, 0.25) is 11.8 Å². The normalized spacial score (nSPS) is 20.9. The van der Waals surface area contributed by atoms with E-state index < -0.39 is 0 Å². The predicted octanol–water partition coefficient (Wildman–Crippen LogP) is 2.77. The summed E-state index contributed by atoms with van der Waals surface area (Å²) in [5.41, 5.74) is 1.86. The Morgan fingerprint density at radius 1 is 1.12 bits per heavy atom. The van der Waals surface area contributed by atoms with Crippen molar-refractivity contribution < 1.29 is 23.8 Å². The third-order valence-corrected chi connectivity index (χ3v) is 6.86. The van der Waals surface area contributed by atoms with Gasteiger partial charge in [-0.25, -0.2) is 0 Å². The van der Waals surface area contributed by atoms with Gasteiger partial charge in [0, 0.05) is 31.3 Å². The highest BCUT2D eigenvalue weighted by atomic mass is 16.6. The minimum atomic E-state index is -0.384. The number of rotatable bonds is 7. The third kappa shape index (κ3) is 4.68. The van der Waals surface area contributed by atoms with Crippen molar-refractivity contribution in [2.45, 2.75) is 25.3 Å². The fourth-order valence-electron chi connectivity index (χ4n) is 5.03. The van der Waals surface area contributed by atoms with Crippen LogP contribution in [-0.2, 0) is 9.59 Å². The van der Waals surface area contributed by atoms with Crippen molar-refractivity contribution >= 4 is 17.5 Å². The molecule has 0 radical (unpaired) electrons. The lowest BCUT2D eigenvalue weighted by Crippen LogP contribution is -2.40. The molecule has 1 N–H and O–H groups in total. The van der Waals surface area contributed by atoms with Crippen molar-refractivity contribution in [3.8, 4) is 17.2 Å². The van der Waals surface area contributed by atoms with Gasteiger partial charge < -0.3 is 24.4 Å². The third-order valence-electron chi connectivity index (χ3n) is 6.86. The lowest BCUT2D eigenvalue weighted by molar-refractivity contribution is -0.126. The van der Waals surface area contributed by atoms with Crippen LogP contribution in [0.25, 0.3) is 0 Å². The van der Waals surface area contributed by atoms with Gasteiger partial charge in [-0.1, -0.05) is 12.1 Å². The average molecular weight is 466 g/mol. The predicted molar refractivity (Wildman–Crippen MR) is 127 cm³/mol. The first-order valence-electron chi connectivity index (χ1n) is 12.0. The minimum Gasteiger partial charge on any atom is -0.497 e. The Bertz CT molecular complexity index is 1050. The molecular weight excluding hydrogens is 434 g/mol. The van der Waals surface area contributed by atoms with Gasteiger partial charge in [0.05, 0.1) is 19.1 Å². The van der Waals surface area contributed by atoms with E-state index in [0.717, 1.165) is 42.9 Å². The van der Waals surface area contributed by atoms with E-state index in [1.54, 1.807) is 12.0 Å². The SMILES string of the molecule is COc1cccc(C(CNC(=O)C2CC(=O)N(c3ccc4c(c3)OCCO4)C2)N2CCCC2)c1. The molecule has 2 aromatic carbocycles. The fourth-order valence-corrected chi connectivity index (χ4v) is 5.03. The second-order valence-electron chi connectivity index (χ2n) is 9.01. The number of hydrogen-bond donors (Lipinski definition) is 1. The maximum absolute atomic E-state index is 13.1. The highest BCUT2D eigenvalue weighted by molar-refractivity contribution is 6.00.